The van der Waals surface area contributed by atoms with Crippen molar-refractivity contribution in [2.24, 2.45) is 0 Å². The molecule has 1 heterocycles. The van der Waals surface area contributed by atoms with Crippen LogP contribution in [0.25, 0.3) is 0 Å². The lowest BCUT2D eigenvalue weighted by atomic mass is 10.5. The molecule has 0 unspecified atom stereocenters. The maximum absolute atomic E-state index is 12.0. The fourth-order valence-electron chi connectivity index (χ4n) is 0.929. The van der Waals surface area contributed by atoms with Crippen molar-refractivity contribution in [2.75, 3.05) is 0 Å². The van der Waals surface area contributed by atoms with Gasteiger partial charge in [-0.3, -0.25) is 4.68 Å². The third kappa shape index (κ3) is 3.38. The van der Waals surface area contributed by atoms with E-state index in [1.807, 2.05) is 0 Å². The maximum atomic E-state index is 12.0. The summed E-state index contributed by atoms with van der Waals surface area (Å²) in [6, 6.07) is 0.980. The molecule has 86 valence electrons. The largest absolute Gasteiger partial charge is 0.408 e. The molecule has 1 rings (SSSR count). The van der Waals surface area contributed by atoms with Gasteiger partial charge in [0.1, 0.15) is 6.54 Å². The number of halogens is 4. The molecule has 0 N–H and O–H groups in total. The quantitative estimate of drug-likeness (QED) is 0.762. The Morgan fingerprint density at radius 3 is 2.40 bits per heavy atom. The molecule has 0 atom stereocenters. The summed E-state index contributed by atoms with van der Waals surface area (Å²) in [4.78, 5) is 0. The number of aryl methyl sites for hydroxylation is 1. The Morgan fingerprint density at radius 2 is 2.07 bits per heavy atom. The predicted octanol–water partition coefficient (Wildman–Crippen LogP) is 1.68. The van der Waals surface area contributed by atoms with Gasteiger partial charge in [-0.2, -0.15) is 18.3 Å². The van der Waals surface area contributed by atoms with Gasteiger partial charge in [-0.05, 0) is 13.0 Å². The van der Waals surface area contributed by atoms with E-state index in [9.17, 15) is 21.6 Å². The van der Waals surface area contributed by atoms with Crippen LogP contribution in [0.15, 0.2) is 11.1 Å². The van der Waals surface area contributed by atoms with Crippen LogP contribution in [0.1, 0.15) is 5.69 Å². The van der Waals surface area contributed by atoms with Gasteiger partial charge in [-0.1, -0.05) is 0 Å². The molecule has 0 saturated heterocycles. The lowest BCUT2D eigenvalue weighted by Crippen LogP contribution is -2.19. The van der Waals surface area contributed by atoms with Crippen molar-refractivity contribution in [1.82, 2.24) is 9.78 Å². The highest BCUT2D eigenvalue weighted by Crippen LogP contribution is 2.20. The topological polar surface area (TPSA) is 52.0 Å². The minimum Gasteiger partial charge on any atom is -0.259 e. The first-order valence-electron chi connectivity index (χ1n) is 3.65. The minimum absolute atomic E-state index is 0.0755. The second-order valence-corrected chi connectivity index (χ2v) is 5.35. The average Bonchev–Trinajstić information content (AvgIpc) is 2.27. The Hall–Kier alpha value is -0.760. The van der Waals surface area contributed by atoms with E-state index in [0.29, 0.717) is 4.68 Å². The molecule has 0 amide bonds. The van der Waals surface area contributed by atoms with Crippen molar-refractivity contribution < 1.29 is 21.6 Å². The third-order valence-corrected chi connectivity index (χ3v) is 2.71. The van der Waals surface area contributed by atoms with Gasteiger partial charge in [0.2, 0.25) is 0 Å². The number of aromatic nitrogens is 2. The van der Waals surface area contributed by atoms with Gasteiger partial charge in [0.15, 0.2) is 5.03 Å². The van der Waals surface area contributed by atoms with E-state index < -0.39 is 26.8 Å². The van der Waals surface area contributed by atoms with Gasteiger partial charge in [0.05, 0.1) is 0 Å². The molecule has 4 nitrogen and oxygen atoms in total. The predicted molar refractivity (Wildman–Crippen MR) is 46.1 cm³/mol. The van der Waals surface area contributed by atoms with E-state index in [0.717, 1.165) is 6.07 Å². The number of rotatable bonds is 2. The summed E-state index contributed by atoms with van der Waals surface area (Å²) in [7, 11) is 0.843. The van der Waals surface area contributed by atoms with Gasteiger partial charge in [-0.25, -0.2) is 8.42 Å². The number of hydrogen-bond acceptors (Lipinski definition) is 3. The molecule has 0 aliphatic heterocycles. The second-order valence-electron chi connectivity index (χ2n) is 2.83. The van der Waals surface area contributed by atoms with Crippen LogP contribution < -0.4 is 0 Å². The van der Waals surface area contributed by atoms with Crippen LogP contribution in [0, 0.1) is 6.92 Å². The Kier molecular flexibility index (Phi) is 3.01. The van der Waals surface area contributed by atoms with E-state index in [4.69, 9.17) is 10.7 Å². The minimum atomic E-state index is -4.45. The summed E-state index contributed by atoms with van der Waals surface area (Å²) >= 11 is 0. The smallest absolute Gasteiger partial charge is 0.259 e. The van der Waals surface area contributed by atoms with Crippen LogP contribution in [0.3, 0.4) is 0 Å². The van der Waals surface area contributed by atoms with Gasteiger partial charge in [0.25, 0.3) is 9.05 Å². The van der Waals surface area contributed by atoms with E-state index >= 15 is 0 Å². The molecule has 15 heavy (non-hydrogen) atoms. The van der Waals surface area contributed by atoms with Crippen molar-refractivity contribution in [3.05, 3.63) is 11.8 Å². The number of nitrogens with zero attached hydrogens (tertiary/aromatic N) is 2. The monoisotopic (exact) mass is 262 g/mol. The Morgan fingerprint density at radius 1 is 1.53 bits per heavy atom. The zero-order valence-electron chi connectivity index (χ0n) is 7.42. The molecule has 1 aromatic rings. The van der Waals surface area contributed by atoms with Crippen molar-refractivity contribution in [3.8, 4) is 0 Å². The Balaban J connectivity index is 3.08. The average molecular weight is 263 g/mol. The molecule has 0 saturated carbocycles. The highest BCUT2D eigenvalue weighted by Gasteiger charge is 2.30. The van der Waals surface area contributed by atoms with E-state index in [2.05, 4.69) is 5.10 Å². The van der Waals surface area contributed by atoms with Crippen LogP contribution in [0.2, 0.25) is 0 Å². The fraction of sp³-hybridized carbons (Fsp3) is 0.500. The fourth-order valence-corrected chi connectivity index (χ4v) is 1.66. The molecule has 0 spiro atoms. The van der Waals surface area contributed by atoms with Gasteiger partial charge < -0.3 is 0 Å². The van der Waals surface area contributed by atoms with E-state index in [1.54, 1.807) is 0 Å². The summed E-state index contributed by atoms with van der Waals surface area (Å²) in [6.07, 6.45) is -4.45. The first-order chi connectivity index (χ1) is 6.59. The van der Waals surface area contributed by atoms with Gasteiger partial charge in [0, 0.05) is 16.4 Å². The zero-order chi connectivity index (χ0) is 11.9. The lowest BCUT2D eigenvalue weighted by molar-refractivity contribution is -0.143. The Labute approximate surface area is 88.1 Å². The van der Waals surface area contributed by atoms with Crippen molar-refractivity contribution in [3.63, 3.8) is 0 Å². The molecule has 0 fully saturated rings. The van der Waals surface area contributed by atoms with E-state index in [1.165, 1.54) is 6.92 Å². The normalized spacial score (nSPS) is 13.1. The van der Waals surface area contributed by atoms with Crippen molar-refractivity contribution >= 4 is 19.7 Å². The van der Waals surface area contributed by atoms with E-state index in [-0.39, 0.29) is 5.69 Å². The molecule has 1 aromatic heterocycles. The summed E-state index contributed by atoms with van der Waals surface area (Å²) in [5.74, 6) is 0. The second kappa shape index (κ2) is 3.67. The van der Waals surface area contributed by atoms with Crippen molar-refractivity contribution in [2.45, 2.75) is 24.7 Å². The summed E-state index contributed by atoms with van der Waals surface area (Å²) in [6.45, 7) is -0.0322. The molecule has 0 bridgehead atoms. The van der Waals surface area contributed by atoms with Crippen LogP contribution in [0.4, 0.5) is 13.2 Å². The molecule has 0 aliphatic rings. The van der Waals surface area contributed by atoms with Gasteiger partial charge >= 0.3 is 6.18 Å². The number of alkyl halides is 3. The molecular formula is C6H6ClF3N2O2S. The van der Waals surface area contributed by atoms with Crippen LogP contribution in [0.5, 0.6) is 0 Å². The zero-order valence-corrected chi connectivity index (χ0v) is 8.99. The maximum Gasteiger partial charge on any atom is 0.408 e. The third-order valence-electron chi connectivity index (χ3n) is 1.54. The molecule has 0 aliphatic carbocycles. The van der Waals surface area contributed by atoms with Crippen LogP contribution >= 0.6 is 10.7 Å². The summed E-state index contributed by atoms with van der Waals surface area (Å²) < 4.78 is 58.0. The van der Waals surface area contributed by atoms with Crippen LogP contribution in [-0.4, -0.2) is 24.4 Å². The summed E-state index contributed by atoms with van der Waals surface area (Å²) in [5, 5.41) is 2.67. The molecule has 0 aromatic carbocycles. The first kappa shape index (κ1) is 12.3. The molecular weight excluding hydrogens is 257 g/mol. The highest BCUT2D eigenvalue weighted by atomic mass is 35.7. The molecule has 0 radical (unpaired) electrons. The van der Waals surface area contributed by atoms with Crippen LogP contribution in [-0.2, 0) is 15.6 Å². The lowest BCUT2D eigenvalue weighted by Gasteiger charge is -2.07. The SMILES string of the molecule is Cc1cc(S(=O)(=O)Cl)nn1CC(F)(F)F. The van der Waals surface area contributed by atoms with Crippen molar-refractivity contribution in [1.29, 1.82) is 0 Å². The molecule has 9 heteroatoms. The van der Waals surface area contributed by atoms with Gasteiger partial charge in [-0.15, -0.1) is 0 Å². The Bertz CT molecular complexity index is 465. The standard InChI is InChI=1S/C6H6ClF3N2O2S/c1-4-2-5(15(7,13)14)11-12(4)3-6(8,9)10/h2H,3H2,1H3. The number of hydrogen-bond donors (Lipinski definition) is 0. The first-order valence-corrected chi connectivity index (χ1v) is 5.96. The highest BCUT2D eigenvalue weighted by molar-refractivity contribution is 8.13. The summed E-state index contributed by atoms with van der Waals surface area (Å²) in [5.41, 5.74) is 0.0755.